The summed E-state index contributed by atoms with van der Waals surface area (Å²) in [7, 11) is 4.63. The van der Waals surface area contributed by atoms with Crippen molar-refractivity contribution in [2.24, 2.45) is 0 Å². The third-order valence-electron chi connectivity index (χ3n) is 4.19. The predicted molar refractivity (Wildman–Crippen MR) is 112 cm³/mol. The van der Waals surface area contributed by atoms with Gasteiger partial charge in [-0.2, -0.15) is 0 Å². The van der Waals surface area contributed by atoms with E-state index in [2.05, 4.69) is 5.32 Å². The van der Waals surface area contributed by atoms with Crippen LogP contribution >= 0.6 is 0 Å². The number of aryl methyl sites for hydroxylation is 1. The van der Waals surface area contributed by atoms with Crippen LogP contribution in [0.25, 0.3) is 0 Å². The average molecular weight is 417 g/mol. The number of hydrogen-bond acceptors (Lipinski definition) is 7. The van der Waals surface area contributed by atoms with E-state index < -0.39 is 5.97 Å². The van der Waals surface area contributed by atoms with Crippen LogP contribution in [-0.2, 0) is 20.7 Å². The molecule has 0 bridgehead atoms. The summed E-state index contributed by atoms with van der Waals surface area (Å²) < 4.78 is 26.3. The molecule has 0 saturated carbocycles. The van der Waals surface area contributed by atoms with Crippen LogP contribution in [0.4, 0.5) is 5.69 Å². The van der Waals surface area contributed by atoms with Crippen molar-refractivity contribution in [2.45, 2.75) is 19.8 Å². The van der Waals surface area contributed by atoms with Gasteiger partial charge in [0.15, 0.2) is 18.1 Å². The number of benzene rings is 2. The molecule has 0 fully saturated rings. The van der Waals surface area contributed by atoms with Crippen molar-refractivity contribution in [3.05, 3.63) is 42.0 Å². The number of rotatable bonds is 11. The van der Waals surface area contributed by atoms with E-state index in [0.717, 1.165) is 5.56 Å². The van der Waals surface area contributed by atoms with Gasteiger partial charge in [0.2, 0.25) is 11.7 Å². The Morgan fingerprint density at radius 1 is 0.967 bits per heavy atom. The molecule has 8 heteroatoms. The Morgan fingerprint density at radius 2 is 1.73 bits per heavy atom. The third-order valence-corrected chi connectivity index (χ3v) is 4.19. The van der Waals surface area contributed by atoms with Crippen LogP contribution in [-0.4, -0.2) is 46.4 Å². The van der Waals surface area contributed by atoms with E-state index in [1.54, 1.807) is 51.5 Å². The molecule has 0 aliphatic carbocycles. The van der Waals surface area contributed by atoms with E-state index in [0.29, 0.717) is 41.7 Å². The van der Waals surface area contributed by atoms with E-state index in [1.165, 1.54) is 7.11 Å². The minimum absolute atomic E-state index is 0.172. The number of carbonyl (C=O) groups is 2. The van der Waals surface area contributed by atoms with Gasteiger partial charge in [-0.25, -0.2) is 4.79 Å². The van der Waals surface area contributed by atoms with E-state index in [-0.39, 0.29) is 18.9 Å². The van der Waals surface area contributed by atoms with Crippen molar-refractivity contribution in [3.63, 3.8) is 0 Å². The van der Waals surface area contributed by atoms with Crippen molar-refractivity contribution >= 4 is 17.6 Å². The molecule has 2 rings (SSSR count). The van der Waals surface area contributed by atoms with Crippen LogP contribution in [0, 0.1) is 0 Å². The highest BCUT2D eigenvalue weighted by Gasteiger charge is 2.16. The van der Waals surface area contributed by atoms with Gasteiger partial charge in [-0.05, 0) is 37.1 Å². The molecule has 0 aliphatic heterocycles. The molecule has 30 heavy (non-hydrogen) atoms. The van der Waals surface area contributed by atoms with Gasteiger partial charge in [0.25, 0.3) is 0 Å². The number of anilines is 1. The zero-order chi connectivity index (χ0) is 21.9. The minimum atomic E-state index is -0.448. The second kappa shape index (κ2) is 11.5. The van der Waals surface area contributed by atoms with Crippen LogP contribution in [0.15, 0.2) is 36.4 Å². The fourth-order valence-electron chi connectivity index (χ4n) is 2.84. The highest BCUT2D eigenvalue weighted by atomic mass is 16.6. The highest BCUT2D eigenvalue weighted by Crippen LogP contribution is 2.40. The van der Waals surface area contributed by atoms with Gasteiger partial charge in [-0.15, -0.1) is 0 Å². The summed E-state index contributed by atoms with van der Waals surface area (Å²) in [6, 6.07) is 10.4. The fraction of sp³-hybridized carbons (Fsp3) is 0.364. The lowest BCUT2D eigenvalue weighted by molar-refractivity contribution is -0.145. The average Bonchev–Trinajstić information content (AvgIpc) is 2.75. The normalized spacial score (nSPS) is 10.1. The number of amides is 1. The number of methoxy groups -OCH3 is 3. The van der Waals surface area contributed by atoms with E-state index >= 15 is 0 Å². The monoisotopic (exact) mass is 417 g/mol. The van der Waals surface area contributed by atoms with Crippen LogP contribution in [0.5, 0.6) is 23.0 Å². The Balaban J connectivity index is 1.97. The lowest BCUT2D eigenvalue weighted by Crippen LogP contribution is -2.15. The highest BCUT2D eigenvalue weighted by molar-refractivity contribution is 5.91. The van der Waals surface area contributed by atoms with Gasteiger partial charge < -0.3 is 29.0 Å². The van der Waals surface area contributed by atoms with Crippen molar-refractivity contribution < 1.29 is 33.3 Å². The Morgan fingerprint density at radius 3 is 2.40 bits per heavy atom. The number of carbonyl (C=O) groups excluding carboxylic acids is 2. The molecule has 162 valence electrons. The maximum atomic E-state index is 12.4. The van der Waals surface area contributed by atoms with E-state index in [1.807, 2.05) is 6.07 Å². The van der Waals surface area contributed by atoms with Crippen molar-refractivity contribution in [1.29, 1.82) is 0 Å². The number of hydrogen-bond donors (Lipinski definition) is 1. The topological polar surface area (TPSA) is 92.3 Å². The zero-order valence-corrected chi connectivity index (χ0v) is 17.7. The maximum absolute atomic E-state index is 12.4. The molecule has 2 aromatic rings. The summed E-state index contributed by atoms with van der Waals surface area (Å²) in [6.45, 7) is 1.83. The first-order valence-electron chi connectivity index (χ1n) is 9.48. The Labute approximate surface area is 176 Å². The van der Waals surface area contributed by atoms with Crippen LogP contribution in [0.3, 0.4) is 0 Å². The Bertz CT molecular complexity index is 867. The first-order chi connectivity index (χ1) is 14.5. The van der Waals surface area contributed by atoms with Crippen LogP contribution in [0.1, 0.15) is 18.9 Å². The van der Waals surface area contributed by atoms with Gasteiger partial charge in [0.1, 0.15) is 5.75 Å². The Kier molecular flexibility index (Phi) is 8.80. The minimum Gasteiger partial charge on any atom is -0.493 e. The maximum Gasteiger partial charge on any atom is 0.344 e. The molecule has 0 saturated heterocycles. The Hall–Kier alpha value is -3.42. The predicted octanol–water partition coefficient (Wildman–Crippen LogP) is 3.23. The summed E-state index contributed by atoms with van der Waals surface area (Å²) in [4.78, 5) is 23.8. The summed E-state index contributed by atoms with van der Waals surface area (Å²) in [6.07, 6.45) is 0.689. The molecule has 0 radical (unpaired) electrons. The summed E-state index contributed by atoms with van der Waals surface area (Å²) in [5.74, 6) is 1.43. The molecule has 0 spiro atoms. The van der Waals surface area contributed by atoms with Gasteiger partial charge in [0.05, 0.1) is 27.9 Å². The smallest absolute Gasteiger partial charge is 0.344 e. The number of esters is 1. The molecule has 0 aliphatic rings. The molecular weight excluding hydrogens is 390 g/mol. The SMILES string of the molecule is CCOC(=O)COc1cccc(NC(=O)CCc2ccc(OC)c(OC)c2OC)c1. The second-order valence-electron chi connectivity index (χ2n) is 6.16. The molecule has 0 unspecified atom stereocenters. The first kappa shape index (κ1) is 22.9. The van der Waals surface area contributed by atoms with Gasteiger partial charge in [-0.1, -0.05) is 12.1 Å². The van der Waals surface area contributed by atoms with E-state index in [9.17, 15) is 9.59 Å². The quantitative estimate of drug-likeness (QED) is 0.561. The summed E-state index contributed by atoms with van der Waals surface area (Å²) in [5, 5.41) is 2.82. The summed E-state index contributed by atoms with van der Waals surface area (Å²) in [5.41, 5.74) is 1.40. The molecule has 0 aromatic heterocycles. The van der Waals surface area contributed by atoms with Crippen molar-refractivity contribution in [3.8, 4) is 23.0 Å². The lowest BCUT2D eigenvalue weighted by Gasteiger charge is -2.15. The molecule has 2 aromatic carbocycles. The standard InChI is InChI=1S/C22H27NO7/c1-5-29-20(25)14-30-17-8-6-7-16(13-17)23-19(24)12-10-15-9-11-18(26-2)22(28-4)21(15)27-3/h6-9,11,13H,5,10,12,14H2,1-4H3,(H,23,24). The first-order valence-corrected chi connectivity index (χ1v) is 9.48. The van der Waals surface area contributed by atoms with Crippen molar-refractivity contribution in [1.82, 2.24) is 0 Å². The fourth-order valence-corrected chi connectivity index (χ4v) is 2.84. The number of ether oxygens (including phenoxy) is 5. The van der Waals surface area contributed by atoms with Gasteiger partial charge >= 0.3 is 5.97 Å². The zero-order valence-electron chi connectivity index (χ0n) is 17.7. The van der Waals surface area contributed by atoms with E-state index in [4.69, 9.17) is 23.7 Å². The second-order valence-corrected chi connectivity index (χ2v) is 6.16. The van der Waals surface area contributed by atoms with Gasteiger partial charge in [0, 0.05) is 18.2 Å². The molecule has 1 N–H and O–H groups in total. The van der Waals surface area contributed by atoms with Gasteiger partial charge in [-0.3, -0.25) is 4.79 Å². The van der Waals surface area contributed by atoms with Crippen LogP contribution in [0.2, 0.25) is 0 Å². The molecular formula is C22H27NO7. The van der Waals surface area contributed by atoms with Crippen molar-refractivity contribution in [2.75, 3.05) is 39.9 Å². The summed E-state index contributed by atoms with van der Waals surface area (Å²) >= 11 is 0. The molecule has 8 nitrogen and oxygen atoms in total. The number of nitrogens with one attached hydrogen (secondary N) is 1. The van der Waals surface area contributed by atoms with Crippen LogP contribution < -0.4 is 24.3 Å². The lowest BCUT2D eigenvalue weighted by atomic mass is 10.1. The largest absolute Gasteiger partial charge is 0.493 e. The molecule has 1 amide bonds. The molecule has 0 heterocycles. The molecule has 0 atom stereocenters. The third kappa shape index (κ3) is 6.30.